The molecule has 0 saturated heterocycles. The van der Waals surface area contributed by atoms with Crippen LogP contribution in [0.2, 0.25) is 0 Å². The van der Waals surface area contributed by atoms with Gasteiger partial charge in [0.05, 0.1) is 18.6 Å². The lowest BCUT2D eigenvalue weighted by Gasteiger charge is -2.16. The van der Waals surface area contributed by atoms with E-state index in [9.17, 15) is 10.2 Å². The highest BCUT2D eigenvalue weighted by Gasteiger charge is 2.17. The van der Waals surface area contributed by atoms with Crippen molar-refractivity contribution in [2.24, 2.45) is 5.84 Å². The Hall–Kier alpha value is -1.61. The van der Waals surface area contributed by atoms with Crippen molar-refractivity contribution < 1.29 is 10.2 Å². The Kier molecular flexibility index (Phi) is 4.06. The summed E-state index contributed by atoms with van der Waals surface area (Å²) in [5.74, 6) is 5.21. The van der Waals surface area contributed by atoms with Crippen LogP contribution in [-0.4, -0.2) is 16.3 Å². The molecule has 1 rings (SSSR count). The second-order valence-electron chi connectivity index (χ2n) is 3.14. The molecule has 0 fully saturated rings. The summed E-state index contributed by atoms with van der Waals surface area (Å²) in [6, 6.07) is 8.50. The highest BCUT2D eigenvalue weighted by molar-refractivity contribution is 5.45. The Morgan fingerprint density at radius 2 is 2.20 bits per heavy atom. The summed E-state index contributed by atoms with van der Waals surface area (Å²) in [6.07, 6.45) is -2.26. The molecule has 0 bridgehead atoms. The number of hydrogen-bond donors (Lipinski definition) is 4. The van der Waals surface area contributed by atoms with Crippen molar-refractivity contribution in [1.82, 2.24) is 0 Å². The van der Waals surface area contributed by atoms with E-state index in [0.29, 0.717) is 11.3 Å². The first-order chi connectivity index (χ1) is 7.19. The van der Waals surface area contributed by atoms with Crippen LogP contribution in [0.1, 0.15) is 18.1 Å². The van der Waals surface area contributed by atoms with Crippen molar-refractivity contribution in [1.29, 1.82) is 5.26 Å². The fraction of sp³-hybridized carbons (Fsp3) is 0.300. The molecule has 5 nitrogen and oxygen atoms in total. The predicted molar refractivity (Wildman–Crippen MR) is 55.4 cm³/mol. The minimum Gasteiger partial charge on any atom is -0.389 e. The number of rotatable bonds is 4. The van der Waals surface area contributed by atoms with E-state index in [1.54, 1.807) is 30.3 Å². The molecule has 0 amide bonds. The van der Waals surface area contributed by atoms with Gasteiger partial charge in [0.15, 0.2) is 0 Å². The van der Waals surface area contributed by atoms with Crippen LogP contribution < -0.4 is 11.3 Å². The van der Waals surface area contributed by atoms with Crippen LogP contribution in [0.5, 0.6) is 0 Å². The molecule has 0 aliphatic heterocycles. The monoisotopic (exact) mass is 207 g/mol. The minimum atomic E-state index is -1.08. The van der Waals surface area contributed by atoms with Crippen molar-refractivity contribution in [2.45, 2.75) is 18.6 Å². The zero-order chi connectivity index (χ0) is 11.3. The first kappa shape index (κ1) is 11.5. The third kappa shape index (κ3) is 2.92. The number of nitrogen functional groups attached to an aromatic ring is 1. The van der Waals surface area contributed by atoms with Crippen molar-refractivity contribution in [3.63, 3.8) is 0 Å². The lowest BCUT2D eigenvalue weighted by atomic mass is 10.0. The molecular formula is C10H13N3O2. The SMILES string of the molecule is N#CCC(O)C(O)c1cccc(NN)c1. The summed E-state index contributed by atoms with van der Waals surface area (Å²) in [7, 11) is 0. The van der Waals surface area contributed by atoms with Gasteiger partial charge in [-0.2, -0.15) is 5.26 Å². The van der Waals surface area contributed by atoms with Gasteiger partial charge in [-0.1, -0.05) is 12.1 Å². The van der Waals surface area contributed by atoms with Crippen LogP contribution in [0.15, 0.2) is 24.3 Å². The van der Waals surface area contributed by atoms with Gasteiger partial charge in [0.1, 0.15) is 6.10 Å². The van der Waals surface area contributed by atoms with Crippen molar-refractivity contribution in [3.05, 3.63) is 29.8 Å². The zero-order valence-corrected chi connectivity index (χ0v) is 8.09. The van der Waals surface area contributed by atoms with Crippen LogP contribution in [0.4, 0.5) is 5.69 Å². The quantitative estimate of drug-likeness (QED) is 0.419. The van der Waals surface area contributed by atoms with Gasteiger partial charge in [0.2, 0.25) is 0 Å². The Bertz CT molecular complexity index is 362. The molecule has 1 aromatic rings. The van der Waals surface area contributed by atoms with E-state index in [0.717, 1.165) is 0 Å². The van der Waals surface area contributed by atoms with Gasteiger partial charge >= 0.3 is 0 Å². The predicted octanol–water partition coefficient (Wildman–Crippen LogP) is 0.280. The second kappa shape index (κ2) is 5.32. The summed E-state index contributed by atoms with van der Waals surface area (Å²) < 4.78 is 0. The van der Waals surface area contributed by atoms with E-state index in [1.165, 1.54) is 0 Å². The summed E-state index contributed by atoms with van der Waals surface area (Å²) in [4.78, 5) is 0. The number of nitrogens with one attached hydrogen (secondary N) is 1. The van der Waals surface area contributed by atoms with E-state index in [2.05, 4.69) is 5.43 Å². The molecule has 5 N–H and O–H groups in total. The average molecular weight is 207 g/mol. The highest BCUT2D eigenvalue weighted by atomic mass is 16.3. The van der Waals surface area contributed by atoms with Crippen LogP contribution >= 0.6 is 0 Å². The van der Waals surface area contributed by atoms with Gasteiger partial charge in [-0.05, 0) is 17.7 Å². The van der Waals surface area contributed by atoms with Crippen LogP contribution in [0, 0.1) is 11.3 Å². The molecular weight excluding hydrogens is 194 g/mol. The molecule has 0 radical (unpaired) electrons. The Morgan fingerprint density at radius 3 is 2.80 bits per heavy atom. The van der Waals surface area contributed by atoms with Gasteiger partial charge in [0.25, 0.3) is 0 Å². The molecule has 0 heterocycles. The van der Waals surface area contributed by atoms with Gasteiger partial charge < -0.3 is 15.6 Å². The molecule has 2 unspecified atom stereocenters. The summed E-state index contributed by atoms with van der Waals surface area (Å²) in [6.45, 7) is 0. The van der Waals surface area contributed by atoms with Crippen molar-refractivity contribution in [3.8, 4) is 6.07 Å². The van der Waals surface area contributed by atoms with Crippen LogP contribution in [0.25, 0.3) is 0 Å². The maximum Gasteiger partial charge on any atom is 0.106 e. The van der Waals surface area contributed by atoms with Gasteiger partial charge in [-0.3, -0.25) is 5.84 Å². The van der Waals surface area contributed by atoms with Crippen molar-refractivity contribution >= 4 is 5.69 Å². The third-order valence-electron chi connectivity index (χ3n) is 2.06. The minimum absolute atomic E-state index is 0.110. The average Bonchev–Trinajstić information content (AvgIpc) is 2.28. The van der Waals surface area contributed by atoms with Crippen LogP contribution in [0.3, 0.4) is 0 Å². The number of anilines is 1. The number of nitrogens with two attached hydrogens (primary N) is 1. The Balaban J connectivity index is 2.81. The van der Waals surface area contributed by atoms with Crippen molar-refractivity contribution in [2.75, 3.05) is 5.43 Å². The van der Waals surface area contributed by atoms with Crippen LogP contribution in [-0.2, 0) is 0 Å². The highest BCUT2D eigenvalue weighted by Crippen LogP contribution is 2.21. The van der Waals surface area contributed by atoms with E-state index < -0.39 is 12.2 Å². The molecule has 5 heteroatoms. The number of benzene rings is 1. The van der Waals surface area contributed by atoms with E-state index in [1.807, 2.05) is 0 Å². The lowest BCUT2D eigenvalue weighted by Crippen LogP contribution is -2.17. The number of aliphatic hydroxyl groups is 2. The zero-order valence-electron chi connectivity index (χ0n) is 8.09. The number of nitrogens with zero attached hydrogens (tertiary/aromatic N) is 1. The molecule has 15 heavy (non-hydrogen) atoms. The topological polar surface area (TPSA) is 102 Å². The first-order valence-corrected chi connectivity index (χ1v) is 4.48. The second-order valence-corrected chi connectivity index (χ2v) is 3.14. The van der Waals surface area contributed by atoms with Gasteiger partial charge in [-0.15, -0.1) is 0 Å². The largest absolute Gasteiger partial charge is 0.389 e. The van der Waals surface area contributed by atoms with Gasteiger partial charge in [-0.25, -0.2) is 0 Å². The number of hydrazine groups is 1. The van der Waals surface area contributed by atoms with E-state index >= 15 is 0 Å². The Morgan fingerprint density at radius 1 is 1.47 bits per heavy atom. The molecule has 2 atom stereocenters. The van der Waals surface area contributed by atoms with E-state index in [-0.39, 0.29) is 6.42 Å². The Labute approximate surface area is 87.7 Å². The maximum absolute atomic E-state index is 9.67. The molecule has 0 aliphatic carbocycles. The smallest absolute Gasteiger partial charge is 0.106 e. The molecule has 80 valence electrons. The molecule has 0 saturated carbocycles. The molecule has 0 spiro atoms. The third-order valence-corrected chi connectivity index (χ3v) is 2.06. The number of hydrogen-bond acceptors (Lipinski definition) is 5. The summed E-state index contributed by atoms with van der Waals surface area (Å²) in [5.41, 5.74) is 3.59. The molecule has 0 aromatic heterocycles. The summed E-state index contributed by atoms with van der Waals surface area (Å²) in [5, 5.41) is 27.5. The molecule has 1 aromatic carbocycles. The fourth-order valence-electron chi connectivity index (χ4n) is 1.24. The lowest BCUT2D eigenvalue weighted by molar-refractivity contribution is 0.0217. The fourth-order valence-corrected chi connectivity index (χ4v) is 1.24. The number of nitriles is 1. The number of aliphatic hydroxyl groups excluding tert-OH is 2. The maximum atomic E-state index is 9.67. The molecule has 0 aliphatic rings. The summed E-state index contributed by atoms with van der Waals surface area (Å²) >= 11 is 0. The van der Waals surface area contributed by atoms with Gasteiger partial charge in [0, 0.05) is 5.69 Å². The first-order valence-electron chi connectivity index (χ1n) is 4.48. The normalized spacial score (nSPS) is 14.0. The van der Waals surface area contributed by atoms with E-state index in [4.69, 9.17) is 11.1 Å². The standard InChI is InChI=1S/C10H13N3O2/c11-5-4-9(14)10(15)7-2-1-3-8(6-7)13-12/h1-3,6,9-10,13-15H,4,12H2.